The average Bonchev–Trinajstić information content (AvgIpc) is 2.53. The molecule has 116 valence electrons. The minimum absolute atomic E-state index is 0.0437. The van der Waals surface area contributed by atoms with E-state index in [2.05, 4.69) is 17.0 Å². The summed E-state index contributed by atoms with van der Waals surface area (Å²) in [5, 5.41) is 10.5. The van der Waals surface area contributed by atoms with E-state index in [4.69, 9.17) is 0 Å². The summed E-state index contributed by atoms with van der Waals surface area (Å²) in [7, 11) is 1.77. The number of β-amino-alcohol motifs (C(OH)–C–C–N with tert-alkyl or cyclic N) is 1. The molecule has 0 spiro atoms. The van der Waals surface area contributed by atoms with Crippen LogP contribution >= 0.6 is 0 Å². The van der Waals surface area contributed by atoms with Crippen molar-refractivity contribution in [3.05, 3.63) is 70.1 Å². The molecule has 1 aromatic heterocycles. The first-order valence-corrected chi connectivity index (χ1v) is 7.75. The molecular weight excluding hydrogens is 276 g/mol. The number of hydrogen-bond donors (Lipinski definition) is 1. The lowest BCUT2D eigenvalue weighted by Gasteiger charge is -2.36. The number of pyridine rings is 1. The highest BCUT2D eigenvalue weighted by Crippen LogP contribution is 2.28. The Bertz CT molecular complexity index is 681. The highest BCUT2D eigenvalue weighted by Gasteiger charge is 2.28. The van der Waals surface area contributed by atoms with Crippen molar-refractivity contribution >= 4 is 0 Å². The Hall–Kier alpha value is -1.91. The van der Waals surface area contributed by atoms with Crippen LogP contribution < -0.4 is 5.56 Å². The predicted molar refractivity (Wildman–Crippen MR) is 86.8 cm³/mol. The Labute approximate surface area is 130 Å². The second kappa shape index (κ2) is 6.46. The molecule has 4 heteroatoms. The van der Waals surface area contributed by atoms with Crippen molar-refractivity contribution in [2.24, 2.45) is 7.05 Å². The fraction of sp³-hybridized carbons (Fsp3) is 0.389. The van der Waals surface area contributed by atoms with Crippen LogP contribution in [0.3, 0.4) is 0 Å². The molecule has 1 saturated heterocycles. The lowest BCUT2D eigenvalue weighted by atomic mass is 9.87. The number of aliphatic hydroxyl groups excluding tert-OH is 1. The maximum absolute atomic E-state index is 12.1. The SMILES string of the molecule is Cn1cccc(CN2CC[C@H](c3ccccc3)[C@H](O)C2)c1=O. The van der Waals surface area contributed by atoms with Gasteiger partial charge in [0.2, 0.25) is 0 Å². The van der Waals surface area contributed by atoms with Gasteiger partial charge in [0.25, 0.3) is 5.56 Å². The summed E-state index contributed by atoms with van der Waals surface area (Å²) in [6.45, 7) is 2.11. The van der Waals surface area contributed by atoms with Crippen molar-refractivity contribution in [2.45, 2.75) is 25.0 Å². The van der Waals surface area contributed by atoms with Gasteiger partial charge in [-0.15, -0.1) is 0 Å². The van der Waals surface area contributed by atoms with Gasteiger partial charge in [-0.1, -0.05) is 36.4 Å². The first kappa shape index (κ1) is 15.0. The fourth-order valence-electron chi connectivity index (χ4n) is 3.24. The summed E-state index contributed by atoms with van der Waals surface area (Å²) in [6, 6.07) is 14.0. The van der Waals surface area contributed by atoms with Crippen molar-refractivity contribution < 1.29 is 5.11 Å². The molecule has 22 heavy (non-hydrogen) atoms. The van der Waals surface area contributed by atoms with Crippen molar-refractivity contribution in [3.63, 3.8) is 0 Å². The standard InChI is InChI=1S/C18H22N2O2/c1-19-10-5-8-15(18(19)22)12-20-11-9-16(17(21)13-20)14-6-3-2-4-7-14/h2-8,10,16-17,21H,9,11-13H2,1H3/t16-,17-/m1/s1. The van der Waals surface area contributed by atoms with Crippen LogP contribution in [0.2, 0.25) is 0 Å². The molecule has 0 radical (unpaired) electrons. The summed E-state index contributed by atoms with van der Waals surface area (Å²) in [5.74, 6) is 0.191. The highest BCUT2D eigenvalue weighted by molar-refractivity contribution is 5.22. The van der Waals surface area contributed by atoms with Gasteiger partial charge >= 0.3 is 0 Å². The second-order valence-electron chi connectivity index (χ2n) is 6.06. The van der Waals surface area contributed by atoms with Gasteiger partial charge < -0.3 is 9.67 Å². The molecule has 0 unspecified atom stereocenters. The Morgan fingerprint density at radius 2 is 1.95 bits per heavy atom. The van der Waals surface area contributed by atoms with E-state index in [9.17, 15) is 9.90 Å². The predicted octanol–water partition coefficient (Wildman–Crippen LogP) is 1.74. The van der Waals surface area contributed by atoms with E-state index in [1.807, 2.05) is 30.3 Å². The van der Waals surface area contributed by atoms with Gasteiger partial charge in [0.05, 0.1) is 6.10 Å². The highest BCUT2D eigenvalue weighted by atomic mass is 16.3. The van der Waals surface area contributed by atoms with Gasteiger partial charge in [-0.2, -0.15) is 0 Å². The monoisotopic (exact) mass is 298 g/mol. The second-order valence-corrected chi connectivity index (χ2v) is 6.06. The normalized spacial score (nSPS) is 22.6. The molecule has 4 nitrogen and oxygen atoms in total. The van der Waals surface area contributed by atoms with Crippen LogP contribution in [-0.2, 0) is 13.6 Å². The van der Waals surface area contributed by atoms with Crippen LogP contribution in [0, 0.1) is 0 Å². The lowest BCUT2D eigenvalue weighted by Crippen LogP contribution is -2.43. The van der Waals surface area contributed by atoms with Crippen LogP contribution in [0.1, 0.15) is 23.5 Å². The van der Waals surface area contributed by atoms with Gasteiger partial charge in [-0.05, 0) is 24.6 Å². The molecule has 1 fully saturated rings. The number of aliphatic hydroxyl groups is 1. The Kier molecular flexibility index (Phi) is 4.41. The largest absolute Gasteiger partial charge is 0.391 e. The summed E-state index contributed by atoms with van der Waals surface area (Å²) in [6.07, 6.45) is 2.30. The fourth-order valence-corrected chi connectivity index (χ4v) is 3.24. The Morgan fingerprint density at radius 1 is 1.18 bits per heavy atom. The minimum Gasteiger partial charge on any atom is -0.391 e. The zero-order valence-corrected chi connectivity index (χ0v) is 12.9. The Morgan fingerprint density at radius 3 is 2.68 bits per heavy atom. The van der Waals surface area contributed by atoms with Crippen molar-refractivity contribution in [1.29, 1.82) is 0 Å². The van der Waals surface area contributed by atoms with Gasteiger partial charge in [0, 0.05) is 37.8 Å². The molecule has 3 rings (SSSR count). The first-order valence-electron chi connectivity index (χ1n) is 7.75. The number of benzene rings is 1. The van der Waals surface area contributed by atoms with Crippen LogP contribution in [0.5, 0.6) is 0 Å². The van der Waals surface area contributed by atoms with E-state index >= 15 is 0 Å². The molecule has 1 N–H and O–H groups in total. The summed E-state index contributed by atoms with van der Waals surface area (Å²) in [4.78, 5) is 14.3. The van der Waals surface area contributed by atoms with E-state index in [1.165, 1.54) is 5.56 Å². The average molecular weight is 298 g/mol. The maximum Gasteiger partial charge on any atom is 0.254 e. The number of nitrogens with zero attached hydrogens (tertiary/aromatic N) is 2. The van der Waals surface area contributed by atoms with E-state index in [-0.39, 0.29) is 17.6 Å². The van der Waals surface area contributed by atoms with Crippen LogP contribution in [-0.4, -0.2) is 33.8 Å². The Balaban J connectivity index is 1.68. The number of likely N-dealkylation sites (tertiary alicyclic amines) is 1. The molecule has 0 bridgehead atoms. The number of aryl methyl sites for hydroxylation is 1. The molecule has 0 aliphatic carbocycles. The quantitative estimate of drug-likeness (QED) is 0.939. The topological polar surface area (TPSA) is 45.5 Å². The summed E-state index contributed by atoms with van der Waals surface area (Å²) >= 11 is 0. The molecule has 2 aromatic rings. The van der Waals surface area contributed by atoms with E-state index in [1.54, 1.807) is 17.8 Å². The molecule has 0 saturated carbocycles. The van der Waals surface area contributed by atoms with E-state index in [0.29, 0.717) is 13.1 Å². The zero-order chi connectivity index (χ0) is 15.5. The number of rotatable bonds is 3. The molecule has 2 atom stereocenters. The van der Waals surface area contributed by atoms with Crippen molar-refractivity contribution in [3.8, 4) is 0 Å². The maximum atomic E-state index is 12.1. The molecule has 1 aliphatic rings. The third-order valence-electron chi connectivity index (χ3n) is 4.49. The van der Waals surface area contributed by atoms with Crippen molar-refractivity contribution in [2.75, 3.05) is 13.1 Å². The molecular formula is C18H22N2O2. The van der Waals surface area contributed by atoms with Crippen LogP contribution in [0.4, 0.5) is 0 Å². The molecule has 0 amide bonds. The van der Waals surface area contributed by atoms with Gasteiger partial charge in [-0.25, -0.2) is 0 Å². The lowest BCUT2D eigenvalue weighted by molar-refractivity contribution is 0.0474. The van der Waals surface area contributed by atoms with Gasteiger partial charge in [0.1, 0.15) is 0 Å². The van der Waals surface area contributed by atoms with Crippen molar-refractivity contribution in [1.82, 2.24) is 9.47 Å². The zero-order valence-electron chi connectivity index (χ0n) is 12.9. The third-order valence-corrected chi connectivity index (χ3v) is 4.49. The smallest absolute Gasteiger partial charge is 0.254 e. The first-order chi connectivity index (χ1) is 10.6. The van der Waals surface area contributed by atoms with E-state index in [0.717, 1.165) is 18.5 Å². The minimum atomic E-state index is -0.385. The van der Waals surface area contributed by atoms with Gasteiger partial charge in [0.15, 0.2) is 0 Å². The van der Waals surface area contributed by atoms with Crippen LogP contribution in [0.25, 0.3) is 0 Å². The van der Waals surface area contributed by atoms with E-state index < -0.39 is 0 Å². The molecule has 1 aromatic carbocycles. The number of piperidine rings is 1. The molecule has 1 aliphatic heterocycles. The third kappa shape index (κ3) is 3.13. The molecule has 2 heterocycles. The summed E-state index contributed by atoms with van der Waals surface area (Å²) in [5.41, 5.74) is 2.03. The number of hydrogen-bond acceptors (Lipinski definition) is 3. The van der Waals surface area contributed by atoms with Crippen LogP contribution in [0.15, 0.2) is 53.5 Å². The van der Waals surface area contributed by atoms with Gasteiger partial charge in [-0.3, -0.25) is 9.69 Å². The summed E-state index contributed by atoms with van der Waals surface area (Å²) < 4.78 is 1.60. The number of aromatic nitrogens is 1.